The van der Waals surface area contributed by atoms with Gasteiger partial charge in [-0.3, -0.25) is 4.79 Å². The van der Waals surface area contributed by atoms with Crippen molar-refractivity contribution in [1.82, 2.24) is 10.6 Å². The van der Waals surface area contributed by atoms with Crippen molar-refractivity contribution in [3.63, 3.8) is 0 Å². The van der Waals surface area contributed by atoms with Crippen molar-refractivity contribution < 1.29 is 9.53 Å². The monoisotopic (exact) mass is 254 g/mol. The van der Waals surface area contributed by atoms with Crippen molar-refractivity contribution in [3.05, 3.63) is 0 Å². The average molecular weight is 254 g/mol. The third-order valence-corrected chi connectivity index (χ3v) is 4.60. The number of carbonyl (C=O) groups is 1. The van der Waals surface area contributed by atoms with Crippen LogP contribution < -0.4 is 10.6 Å². The number of ether oxygens (including phenoxy) is 1. The Morgan fingerprint density at radius 1 is 1.28 bits per heavy atom. The van der Waals surface area contributed by atoms with E-state index in [0.29, 0.717) is 13.2 Å². The van der Waals surface area contributed by atoms with Gasteiger partial charge in [-0.05, 0) is 32.2 Å². The molecule has 1 saturated carbocycles. The fourth-order valence-electron chi connectivity index (χ4n) is 3.32. The highest BCUT2D eigenvalue weighted by Gasteiger charge is 2.39. The summed E-state index contributed by atoms with van der Waals surface area (Å²) in [4.78, 5) is 12.3. The molecule has 0 radical (unpaired) electrons. The van der Waals surface area contributed by atoms with E-state index in [9.17, 15) is 4.79 Å². The van der Waals surface area contributed by atoms with Crippen molar-refractivity contribution in [2.75, 3.05) is 26.8 Å². The molecular formula is C14H26N2O2. The number of methoxy groups -OCH3 is 1. The summed E-state index contributed by atoms with van der Waals surface area (Å²) in [5, 5.41) is 6.64. The van der Waals surface area contributed by atoms with Gasteiger partial charge >= 0.3 is 0 Å². The van der Waals surface area contributed by atoms with E-state index < -0.39 is 0 Å². The first-order valence-corrected chi connectivity index (χ1v) is 7.13. The summed E-state index contributed by atoms with van der Waals surface area (Å²) in [5.41, 5.74) is -0.174. The van der Waals surface area contributed by atoms with Crippen molar-refractivity contribution in [2.45, 2.75) is 51.0 Å². The second-order valence-electron chi connectivity index (χ2n) is 6.19. The van der Waals surface area contributed by atoms with Gasteiger partial charge in [-0.2, -0.15) is 0 Å². The average Bonchev–Trinajstić information content (AvgIpc) is 2.98. The highest BCUT2D eigenvalue weighted by molar-refractivity contribution is 5.82. The molecule has 1 amide bonds. The van der Waals surface area contributed by atoms with Crippen LogP contribution in [0.5, 0.6) is 0 Å². The van der Waals surface area contributed by atoms with Gasteiger partial charge < -0.3 is 15.4 Å². The molecule has 1 unspecified atom stereocenters. The fraction of sp³-hybridized carbons (Fsp3) is 0.929. The molecule has 1 aliphatic carbocycles. The minimum absolute atomic E-state index is 0.0423. The minimum atomic E-state index is -0.132. The fourth-order valence-corrected chi connectivity index (χ4v) is 3.32. The number of nitrogens with one attached hydrogen (secondary N) is 2. The van der Waals surface area contributed by atoms with Gasteiger partial charge in [-0.25, -0.2) is 0 Å². The summed E-state index contributed by atoms with van der Waals surface area (Å²) >= 11 is 0. The van der Waals surface area contributed by atoms with Crippen LogP contribution in [0.2, 0.25) is 0 Å². The Morgan fingerprint density at radius 2 is 2.00 bits per heavy atom. The Labute approximate surface area is 110 Å². The molecule has 0 aromatic rings. The lowest BCUT2D eigenvalue weighted by atomic mass is 9.87. The molecule has 1 saturated heterocycles. The molecule has 18 heavy (non-hydrogen) atoms. The van der Waals surface area contributed by atoms with Gasteiger partial charge in [0.1, 0.15) is 0 Å². The molecule has 2 fully saturated rings. The van der Waals surface area contributed by atoms with Crippen LogP contribution in [0.1, 0.15) is 45.4 Å². The van der Waals surface area contributed by atoms with Crippen LogP contribution in [-0.4, -0.2) is 38.3 Å². The first-order chi connectivity index (χ1) is 8.60. The molecule has 0 aromatic heterocycles. The normalized spacial score (nSPS) is 30.6. The lowest BCUT2D eigenvalue weighted by Crippen LogP contribution is -2.54. The van der Waals surface area contributed by atoms with E-state index in [1.165, 1.54) is 12.8 Å². The van der Waals surface area contributed by atoms with Crippen LogP contribution in [0, 0.1) is 5.41 Å². The SMILES string of the molecule is COCC1(CNC(=O)C2(C)CCCC2)CCCN1. The summed E-state index contributed by atoms with van der Waals surface area (Å²) < 4.78 is 5.30. The van der Waals surface area contributed by atoms with Gasteiger partial charge in [0.05, 0.1) is 12.1 Å². The Bertz CT molecular complexity index is 292. The standard InChI is InChI=1S/C14H26N2O2/c1-13(6-3-4-7-13)12(17)15-10-14(11-18-2)8-5-9-16-14/h16H,3-11H2,1-2H3,(H,15,17). The molecular weight excluding hydrogens is 228 g/mol. The maximum Gasteiger partial charge on any atom is 0.226 e. The van der Waals surface area contributed by atoms with Crippen molar-refractivity contribution in [3.8, 4) is 0 Å². The maximum atomic E-state index is 12.3. The van der Waals surface area contributed by atoms with E-state index in [2.05, 4.69) is 17.6 Å². The summed E-state index contributed by atoms with van der Waals surface area (Å²) in [6.45, 7) is 4.48. The van der Waals surface area contributed by atoms with Gasteiger partial charge in [0.25, 0.3) is 0 Å². The van der Waals surface area contributed by atoms with Gasteiger partial charge in [0, 0.05) is 19.1 Å². The van der Waals surface area contributed by atoms with E-state index in [-0.39, 0.29) is 16.9 Å². The first-order valence-electron chi connectivity index (χ1n) is 7.13. The number of amides is 1. The van der Waals surface area contributed by atoms with Crippen LogP contribution in [-0.2, 0) is 9.53 Å². The van der Waals surface area contributed by atoms with Gasteiger partial charge in [0.15, 0.2) is 0 Å². The Kier molecular flexibility index (Phi) is 4.28. The van der Waals surface area contributed by atoms with Crippen LogP contribution in [0.15, 0.2) is 0 Å². The summed E-state index contributed by atoms with van der Waals surface area (Å²) in [5.74, 6) is 0.226. The zero-order valence-electron chi connectivity index (χ0n) is 11.7. The van der Waals surface area contributed by atoms with E-state index in [1.54, 1.807) is 7.11 Å². The van der Waals surface area contributed by atoms with Crippen molar-refractivity contribution in [1.29, 1.82) is 0 Å². The van der Waals surface area contributed by atoms with Crippen molar-refractivity contribution in [2.24, 2.45) is 5.41 Å². The molecule has 0 bridgehead atoms. The zero-order valence-corrected chi connectivity index (χ0v) is 11.7. The largest absolute Gasteiger partial charge is 0.383 e. The van der Waals surface area contributed by atoms with Gasteiger partial charge in [-0.15, -0.1) is 0 Å². The van der Waals surface area contributed by atoms with Crippen molar-refractivity contribution >= 4 is 5.91 Å². The molecule has 0 spiro atoms. The quantitative estimate of drug-likeness (QED) is 0.781. The first kappa shape index (κ1) is 13.8. The Hall–Kier alpha value is -0.610. The summed E-state index contributed by atoms with van der Waals surface area (Å²) in [6, 6.07) is 0. The highest BCUT2D eigenvalue weighted by atomic mass is 16.5. The molecule has 2 rings (SSSR count). The zero-order chi connectivity index (χ0) is 13.1. The van der Waals surface area contributed by atoms with E-state index in [1.807, 2.05) is 0 Å². The maximum absolute atomic E-state index is 12.3. The van der Waals surface area contributed by atoms with Crippen LogP contribution in [0.4, 0.5) is 0 Å². The lowest BCUT2D eigenvalue weighted by Gasteiger charge is -2.31. The van der Waals surface area contributed by atoms with E-state index in [4.69, 9.17) is 4.74 Å². The molecule has 2 aliphatic rings. The Balaban J connectivity index is 1.87. The topological polar surface area (TPSA) is 50.4 Å². The number of hydrogen-bond donors (Lipinski definition) is 2. The molecule has 4 nitrogen and oxygen atoms in total. The number of carbonyl (C=O) groups excluding carboxylic acids is 1. The highest BCUT2D eigenvalue weighted by Crippen LogP contribution is 2.37. The molecule has 1 atom stereocenters. The van der Waals surface area contributed by atoms with Crippen LogP contribution in [0.25, 0.3) is 0 Å². The van der Waals surface area contributed by atoms with Crippen LogP contribution in [0.3, 0.4) is 0 Å². The van der Waals surface area contributed by atoms with E-state index >= 15 is 0 Å². The lowest BCUT2D eigenvalue weighted by molar-refractivity contribution is -0.130. The second-order valence-corrected chi connectivity index (χ2v) is 6.19. The molecule has 2 N–H and O–H groups in total. The third-order valence-electron chi connectivity index (χ3n) is 4.60. The third kappa shape index (κ3) is 2.86. The second kappa shape index (κ2) is 5.57. The van der Waals surface area contributed by atoms with Crippen LogP contribution >= 0.6 is 0 Å². The van der Waals surface area contributed by atoms with Gasteiger partial charge in [-0.1, -0.05) is 19.8 Å². The number of rotatable bonds is 5. The molecule has 1 heterocycles. The Morgan fingerprint density at radius 3 is 2.56 bits per heavy atom. The smallest absolute Gasteiger partial charge is 0.226 e. The molecule has 104 valence electrons. The predicted molar refractivity (Wildman–Crippen MR) is 71.4 cm³/mol. The predicted octanol–water partition coefficient (Wildman–Crippen LogP) is 1.45. The van der Waals surface area contributed by atoms with Gasteiger partial charge in [0.2, 0.25) is 5.91 Å². The molecule has 1 aliphatic heterocycles. The number of hydrogen-bond acceptors (Lipinski definition) is 3. The van der Waals surface area contributed by atoms with E-state index in [0.717, 1.165) is 32.2 Å². The summed E-state index contributed by atoms with van der Waals surface area (Å²) in [6.07, 6.45) is 6.68. The molecule has 4 heteroatoms. The molecule has 0 aromatic carbocycles. The minimum Gasteiger partial charge on any atom is -0.383 e. The summed E-state index contributed by atoms with van der Waals surface area (Å²) in [7, 11) is 1.72.